The lowest BCUT2D eigenvalue weighted by molar-refractivity contribution is 0.554. The number of nitrogen functional groups attached to an aromatic ring is 1. The lowest BCUT2D eigenvalue weighted by Crippen LogP contribution is -2.16. The molecule has 1 aromatic carbocycles. The van der Waals surface area contributed by atoms with Crippen molar-refractivity contribution in [3.63, 3.8) is 0 Å². The molecule has 0 fully saturated rings. The van der Waals surface area contributed by atoms with E-state index in [0.717, 1.165) is 11.6 Å². The molecule has 1 heterocycles. The van der Waals surface area contributed by atoms with E-state index in [1.165, 1.54) is 12.1 Å². The molecule has 0 saturated carbocycles. The number of pyridine rings is 1. The Morgan fingerprint density at radius 3 is 2.67 bits per heavy atom. The molecule has 5 heteroatoms. The highest BCUT2D eigenvalue weighted by Crippen LogP contribution is 2.22. The largest absolute Gasteiger partial charge is 0.398 e. The predicted molar refractivity (Wildman–Crippen MR) is 65.6 cm³/mol. The highest BCUT2D eigenvalue weighted by atomic mass is 19.1. The summed E-state index contributed by atoms with van der Waals surface area (Å²) in [6.45, 7) is 0. The van der Waals surface area contributed by atoms with Gasteiger partial charge in [-0.1, -0.05) is 6.07 Å². The Kier molecular flexibility index (Phi) is 3.53. The number of aromatic nitrogens is 1. The van der Waals surface area contributed by atoms with Crippen LogP contribution in [0.5, 0.6) is 0 Å². The van der Waals surface area contributed by atoms with Crippen LogP contribution in [0, 0.1) is 11.6 Å². The summed E-state index contributed by atoms with van der Waals surface area (Å²) in [7, 11) is 0. The molecule has 3 nitrogen and oxygen atoms in total. The van der Waals surface area contributed by atoms with E-state index in [0.29, 0.717) is 12.1 Å². The minimum Gasteiger partial charge on any atom is -0.398 e. The Balaban J connectivity index is 2.22. The number of benzene rings is 1. The second kappa shape index (κ2) is 5.10. The van der Waals surface area contributed by atoms with E-state index in [9.17, 15) is 8.78 Å². The summed E-state index contributed by atoms with van der Waals surface area (Å²) in [6.07, 6.45) is 3.52. The lowest BCUT2D eigenvalue weighted by Gasteiger charge is -2.14. The van der Waals surface area contributed by atoms with Crippen molar-refractivity contribution in [1.29, 1.82) is 0 Å². The number of halogens is 2. The Morgan fingerprint density at radius 2 is 2.00 bits per heavy atom. The first-order valence-corrected chi connectivity index (χ1v) is 5.47. The molecule has 0 aliphatic heterocycles. The molecule has 1 aromatic heterocycles. The minimum atomic E-state index is -0.648. The maximum absolute atomic E-state index is 13.5. The Hall–Kier alpha value is -2.01. The first-order valence-electron chi connectivity index (χ1n) is 5.47. The number of anilines is 1. The third-order valence-electron chi connectivity index (χ3n) is 2.74. The van der Waals surface area contributed by atoms with Gasteiger partial charge in [0.25, 0.3) is 0 Å². The van der Waals surface area contributed by atoms with Gasteiger partial charge < -0.3 is 11.5 Å². The summed E-state index contributed by atoms with van der Waals surface area (Å²) in [4.78, 5) is 3.94. The van der Waals surface area contributed by atoms with E-state index in [1.807, 2.05) is 0 Å². The molecule has 2 aromatic rings. The molecule has 94 valence electrons. The molecule has 1 unspecified atom stereocenters. The van der Waals surface area contributed by atoms with Gasteiger partial charge in [0.2, 0.25) is 0 Å². The molecule has 2 rings (SSSR count). The SMILES string of the molecule is Nc1ccncc1CC(N)c1ccc(F)cc1F. The molecule has 0 spiro atoms. The van der Waals surface area contributed by atoms with Gasteiger partial charge >= 0.3 is 0 Å². The summed E-state index contributed by atoms with van der Waals surface area (Å²) in [5.41, 5.74) is 13.2. The molecule has 0 aliphatic carbocycles. The molecular weight excluding hydrogens is 236 g/mol. The van der Waals surface area contributed by atoms with Gasteiger partial charge in [-0.2, -0.15) is 0 Å². The zero-order chi connectivity index (χ0) is 13.1. The summed E-state index contributed by atoms with van der Waals surface area (Å²) < 4.78 is 26.3. The van der Waals surface area contributed by atoms with Crippen molar-refractivity contribution >= 4 is 5.69 Å². The first kappa shape index (κ1) is 12.4. The summed E-state index contributed by atoms with van der Waals surface area (Å²) in [5, 5.41) is 0. The van der Waals surface area contributed by atoms with Crippen LogP contribution in [0.25, 0.3) is 0 Å². The van der Waals surface area contributed by atoms with E-state index >= 15 is 0 Å². The van der Waals surface area contributed by atoms with E-state index in [2.05, 4.69) is 4.98 Å². The highest BCUT2D eigenvalue weighted by Gasteiger charge is 2.14. The van der Waals surface area contributed by atoms with Gasteiger partial charge in [0, 0.05) is 35.8 Å². The number of rotatable bonds is 3. The van der Waals surface area contributed by atoms with E-state index in [4.69, 9.17) is 11.5 Å². The monoisotopic (exact) mass is 249 g/mol. The Labute approximate surface area is 103 Å². The third-order valence-corrected chi connectivity index (χ3v) is 2.74. The quantitative estimate of drug-likeness (QED) is 0.876. The zero-order valence-electron chi connectivity index (χ0n) is 9.61. The first-order chi connectivity index (χ1) is 8.58. The van der Waals surface area contributed by atoms with Crippen LogP contribution in [0.15, 0.2) is 36.7 Å². The van der Waals surface area contributed by atoms with E-state index < -0.39 is 17.7 Å². The third kappa shape index (κ3) is 2.62. The fraction of sp³-hybridized carbons (Fsp3) is 0.154. The van der Waals surface area contributed by atoms with Gasteiger partial charge in [0.05, 0.1) is 0 Å². The van der Waals surface area contributed by atoms with Crippen molar-refractivity contribution in [2.45, 2.75) is 12.5 Å². The second-order valence-corrected chi connectivity index (χ2v) is 4.05. The van der Waals surface area contributed by atoms with Gasteiger partial charge in [-0.05, 0) is 24.1 Å². The average Bonchev–Trinajstić information content (AvgIpc) is 2.32. The van der Waals surface area contributed by atoms with Gasteiger partial charge in [-0.3, -0.25) is 4.98 Å². The van der Waals surface area contributed by atoms with Crippen LogP contribution >= 0.6 is 0 Å². The highest BCUT2D eigenvalue weighted by molar-refractivity contribution is 5.45. The fourth-order valence-corrected chi connectivity index (χ4v) is 1.76. The van der Waals surface area contributed by atoms with Crippen LogP contribution in [0.1, 0.15) is 17.2 Å². The zero-order valence-corrected chi connectivity index (χ0v) is 9.61. The lowest BCUT2D eigenvalue weighted by atomic mass is 9.99. The van der Waals surface area contributed by atoms with Crippen LogP contribution in [0.2, 0.25) is 0 Å². The van der Waals surface area contributed by atoms with E-state index in [-0.39, 0.29) is 5.56 Å². The maximum atomic E-state index is 13.5. The molecule has 0 saturated heterocycles. The molecule has 1 atom stereocenters. The number of hydrogen-bond donors (Lipinski definition) is 2. The van der Waals surface area contributed by atoms with Crippen molar-refractivity contribution in [3.05, 3.63) is 59.4 Å². The van der Waals surface area contributed by atoms with Crippen LogP contribution in [0.4, 0.5) is 14.5 Å². The Bertz CT molecular complexity index is 558. The van der Waals surface area contributed by atoms with Crippen LogP contribution < -0.4 is 11.5 Å². The standard InChI is InChI=1S/C13H13F2N3/c14-9-1-2-10(11(15)6-9)13(17)5-8-7-18-4-3-12(8)16/h1-4,6-7,13H,5,17H2,(H2,16,18). The Morgan fingerprint density at radius 1 is 1.22 bits per heavy atom. The van der Waals surface area contributed by atoms with Crippen molar-refractivity contribution in [2.75, 3.05) is 5.73 Å². The van der Waals surface area contributed by atoms with Crippen LogP contribution in [-0.2, 0) is 6.42 Å². The molecule has 0 radical (unpaired) electrons. The smallest absolute Gasteiger partial charge is 0.130 e. The summed E-state index contributed by atoms with van der Waals surface area (Å²) in [6, 6.07) is 4.43. The molecule has 0 amide bonds. The van der Waals surface area contributed by atoms with Crippen molar-refractivity contribution < 1.29 is 8.78 Å². The minimum absolute atomic E-state index is 0.264. The maximum Gasteiger partial charge on any atom is 0.130 e. The van der Waals surface area contributed by atoms with Crippen molar-refractivity contribution in [3.8, 4) is 0 Å². The van der Waals surface area contributed by atoms with Gasteiger partial charge in [-0.15, -0.1) is 0 Å². The van der Waals surface area contributed by atoms with Crippen LogP contribution in [0.3, 0.4) is 0 Å². The number of nitrogens with two attached hydrogens (primary N) is 2. The molecule has 0 bridgehead atoms. The fourth-order valence-electron chi connectivity index (χ4n) is 1.76. The van der Waals surface area contributed by atoms with Gasteiger partial charge in [0.15, 0.2) is 0 Å². The normalized spacial score (nSPS) is 12.4. The topological polar surface area (TPSA) is 64.9 Å². The molecule has 18 heavy (non-hydrogen) atoms. The van der Waals surface area contributed by atoms with Crippen molar-refractivity contribution in [1.82, 2.24) is 4.98 Å². The number of nitrogens with zero attached hydrogens (tertiary/aromatic N) is 1. The summed E-state index contributed by atoms with van der Waals surface area (Å²) >= 11 is 0. The average molecular weight is 249 g/mol. The van der Waals surface area contributed by atoms with Crippen LogP contribution in [-0.4, -0.2) is 4.98 Å². The molecule has 4 N–H and O–H groups in total. The number of hydrogen-bond acceptors (Lipinski definition) is 3. The molecular formula is C13H13F2N3. The van der Waals surface area contributed by atoms with Crippen molar-refractivity contribution in [2.24, 2.45) is 5.73 Å². The molecule has 0 aliphatic rings. The second-order valence-electron chi connectivity index (χ2n) is 4.05. The predicted octanol–water partition coefficient (Wildman–Crippen LogP) is 2.18. The summed E-state index contributed by atoms with van der Waals surface area (Å²) in [5.74, 6) is -1.27. The van der Waals surface area contributed by atoms with Gasteiger partial charge in [-0.25, -0.2) is 8.78 Å². The van der Waals surface area contributed by atoms with E-state index in [1.54, 1.807) is 18.5 Å². The van der Waals surface area contributed by atoms with Gasteiger partial charge in [0.1, 0.15) is 11.6 Å².